The van der Waals surface area contributed by atoms with E-state index in [1.54, 1.807) is 0 Å². The lowest BCUT2D eigenvalue weighted by atomic mass is 9.79. The van der Waals surface area contributed by atoms with Crippen molar-refractivity contribution in [1.82, 2.24) is 0 Å². The molecule has 0 fully saturated rings. The minimum absolute atomic E-state index is 0.293. The molecule has 1 aromatic rings. The summed E-state index contributed by atoms with van der Waals surface area (Å²) in [6.07, 6.45) is 1.47. The van der Waals surface area contributed by atoms with Crippen LogP contribution < -0.4 is 5.73 Å². The number of carboxylic acids is 1. The number of aryl methyl sites for hydroxylation is 2. The molecule has 0 aromatic heterocycles. The van der Waals surface area contributed by atoms with Crippen LogP contribution in [0.25, 0.3) is 0 Å². The molecular formula is C17H27NO2. The van der Waals surface area contributed by atoms with Crippen molar-refractivity contribution in [3.05, 3.63) is 34.4 Å². The molecule has 0 radical (unpaired) electrons. The Balaban J connectivity index is 3.02. The highest BCUT2D eigenvalue weighted by Crippen LogP contribution is 2.33. The predicted octanol–water partition coefficient (Wildman–Crippen LogP) is 3.54. The summed E-state index contributed by atoms with van der Waals surface area (Å²) in [6.45, 7) is 10.7. The second-order valence-corrected chi connectivity index (χ2v) is 5.93. The van der Waals surface area contributed by atoms with Crippen LogP contribution in [0.5, 0.6) is 0 Å². The van der Waals surface area contributed by atoms with Crippen molar-refractivity contribution in [3.63, 3.8) is 0 Å². The molecule has 0 aliphatic heterocycles. The highest BCUT2D eigenvalue weighted by atomic mass is 16.4. The minimum atomic E-state index is -0.909. The maximum atomic E-state index is 11.0. The molecule has 0 aliphatic rings. The molecule has 0 saturated carbocycles. The van der Waals surface area contributed by atoms with Crippen molar-refractivity contribution in [3.8, 4) is 0 Å². The minimum Gasteiger partial charge on any atom is -0.480 e. The first kappa shape index (κ1) is 16.7. The van der Waals surface area contributed by atoms with Gasteiger partial charge < -0.3 is 10.8 Å². The third-order valence-electron chi connectivity index (χ3n) is 4.45. The van der Waals surface area contributed by atoms with Gasteiger partial charge in [0.05, 0.1) is 0 Å². The number of hydrogen-bond donors (Lipinski definition) is 2. The number of aliphatic carboxylic acids is 1. The van der Waals surface area contributed by atoms with Gasteiger partial charge in [-0.25, -0.2) is 0 Å². The number of rotatable bonds is 6. The Labute approximate surface area is 122 Å². The monoisotopic (exact) mass is 277 g/mol. The van der Waals surface area contributed by atoms with E-state index < -0.39 is 12.0 Å². The Bertz CT molecular complexity index is 482. The van der Waals surface area contributed by atoms with Gasteiger partial charge in [-0.1, -0.05) is 38.0 Å². The van der Waals surface area contributed by atoms with Gasteiger partial charge in [0.15, 0.2) is 0 Å². The summed E-state index contributed by atoms with van der Waals surface area (Å²) in [5.41, 5.74) is 10.9. The zero-order chi connectivity index (χ0) is 15.4. The average molecular weight is 277 g/mol. The van der Waals surface area contributed by atoms with Gasteiger partial charge in [-0.2, -0.15) is 0 Å². The Kier molecular flexibility index (Phi) is 5.75. The average Bonchev–Trinajstić information content (AvgIpc) is 2.38. The van der Waals surface area contributed by atoms with Gasteiger partial charge in [0.1, 0.15) is 6.04 Å². The first-order valence-corrected chi connectivity index (χ1v) is 7.34. The SMILES string of the molecule is CCC(CC(N)C(=O)O)C(C)c1cc(C)cc(C)c1C. The smallest absolute Gasteiger partial charge is 0.320 e. The topological polar surface area (TPSA) is 63.3 Å². The molecule has 0 saturated heterocycles. The second-order valence-electron chi connectivity index (χ2n) is 5.93. The van der Waals surface area contributed by atoms with E-state index in [-0.39, 0.29) is 0 Å². The van der Waals surface area contributed by atoms with Crippen LogP contribution in [0.3, 0.4) is 0 Å². The number of benzene rings is 1. The van der Waals surface area contributed by atoms with E-state index >= 15 is 0 Å². The molecular weight excluding hydrogens is 250 g/mol. The van der Waals surface area contributed by atoms with Crippen LogP contribution >= 0.6 is 0 Å². The van der Waals surface area contributed by atoms with Crippen LogP contribution in [0, 0.1) is 26.7 Å². The summed E-state index contributed by atoms with van der Waals surface area (Å²) in [7, 11) is 0. The van der Waals surface area contributed by atoms with Crippen LogP contribution in [-0.4, -0.2) is 17.1 Å². The van der Waals surface area contributed by atoms with Gasteiger partial charge in [0, 0.05) is 0 Å². The molecule has 3 N–H and O–H groups in total. The Morgan fingerprint density at radius 2 is 1.90 bits per heavy atom. The summed E-state index contributed by atoms with van der Waals surface area (Å²) < 4.78 is 0. The highest BCUT2D eigenvalue weighted by molar-refractivity contribution is 5.73. The van der Waals surface area contributed by atoms with E-state index in [0.29, 0.717) is 18.3 Å². The van der Waals surface area contributed by atoms with Crippen LogP contribution in [0.2, 0.25) is 0 Å². The Morgan fingerprint density at radius 1 is 1.30 bits per heavy atom. The normalized spacial score (nSPS) is 15.7. The molecule has 0 spiro atoms. The number of carbonyl (C=O) groups is 1. The zero-order valence-electron chi connectivity index (χ0n) is 13.2. The summed E-state index contributed by atoms with van der Waals surface area (Å²) in [5.74, 6) is -0.294. The molecule has 0 bridgehead atoms. The fraction of sp³-hybridized carbons (Fsp3) is 0.588. The maximum Gasteiger partial charge on any atom is 0.320 e. The second kappa shape index (κ2) is 6.89. The Hall–Kier alpha value is -1.35. The van der Waals surface area contributed by atoms with E-state index in [1.807, 2.05) is 0 Å². The van der Waals surface area contributed by atoms with Gasteiger partial charge in [0.25, 0.3) is 0 Å². The largest absolute Gasteiger partial charge is 0.480 e. The van der Waals surface area contributed by atoms with Crippen LogP contribution in [0.15, 0.2) is 12.1 Å². The van der Waals surface area contributed by atoms with Gasteiger partial charge >= 0.3 is 5.97 Å². The third-order valence-corrected chi connectivity index (χ3v) is 4.45. The lowest BCUT2D eigenvalue weighted by Gasteiger charge is -2.27. The van der Waals surface area contributed by atoms with Crippen molar-refractivity contribution < 1.29 is 9.90 Å². The fourth-order valence-electron chi connectivity index (χ4n) is 2.95. The fourth-order valence-corrected chi connectivity index (χ4v) is 2.95. The summed E-state index contributed by atoms with van der Waals surface area (Å²) >= 11 is 0. The van der Waals surface area contributed by atoms with E-state index in [0.717, 1.165) is 6.42 Å². The summed E-state index contributed by atoms with van der Waals surface area (Å²) in [5, 5.41) is 9.00. The van der Waals surface area contributed by atoms with Crippen LogP contribution in [0.1, 0.15) is 54.9 Å². The number of carboxylic acid groups (broad SMARTS) is 1. The summed E-state index contributed by atoms with van der Waals surface area (Å²) in [6, 6.07) is 3.64. The number of hydrogen-bond acceptors (Lipinski definition) is 2. The van der Waals surface area contributed by atoms with E-state index in [2.05, 4.69) is 46.8 Å². The summed E-state index contributed by atoms with van der Waals surface area (Å²) in [4.78, 5) is 11.0. The van der Waals surface area contributed by atoms with Crippen LogP contribution in [0.4, 0.5) is 0 Å². The molecule has 3 atom stereocenters. The molecule has 0 amide bonds. The molecule has 1 rings (SSSR count). The molecule has 3 unspecified atom stereocenters. The van der Waals surface area contributed by atoms with Crippen molar-refractivity contribution in [1.29, 1.82) is 0 Å². The van der Waals surface area contributed by atoms with Crippen molar-refractivity contribution in [2.45, 2.75) is 59.4 Å². The number of nitrogens with two attached hydrogens (primary N) is 1. The third kappa shape index (κ3) is 3.83. The van der Waals surface area contributed by atoms with Crippen molar-refractivity contribution >= 4 is 5.97 Å². The van der Waals surface area contributed by atoms with E-state index in [9.17, 15) is 4.79 Å². The van der Waals surface area contributed by atoms with Crippen LogP contribution in [-0.2, 0) is 4.79 Å². The molecule has 1 aromatic carbocycles. The van der Waals surface area contributed by atoms with Gasteiger partial charge in [0.2, 0.25) is 0 Å². The van der Waals surface area contributed by atoms with Gasteiger partial charge in [-0.3, -0.25) is 4.79 Å². The van der Waals surface area contributed by atoms with Crippen molar-refractivity contribution in [2.24, 2.45) is 11.7 Å². The first-order chi connectivity index (χ1) is 9.27. The van der Waals surface area contributed by atoms with Gasteiger partial charge in [-0.05, 0) is 55.7 Å². The predicted molar refractivity (Wildman–Crippen MR) is 83.1 cm³/mol. The lowest BCUT2D eigenvalue weighted by Crippen LogP contribution is -2.33. The van der Waals surface area contributed by atoms with E-state index in [1.165, 1.54) is 22.3 Å². The molecule has 112 valence electrons. The molecule has 3 heteroatoms. The molecule has 0 aliphatic carbocycles. The molecule has 0 heterocycles. The van der Waals surface area contributed by atoms with Gasteiger partial charge in [-0.15, -0.1) is 0 Å². The first-order valence-electron chi connectivity index (χ1n) is 7.34. The maximum absolute atomic E-state index is 11.0. The standard InChI is InChI=1S/C17H27NO2/c1-6-14(9-16(18)17(19)20)13(5)15-8-10(2)7-11(3)12(15)4/h7-8,13-14,16H,6,9,18H2,1-5H3,(H,19,20). The quantitative estimate of drug-likeness (QED) is 0.836. The lowest BCUT2D eigenvalue weighted by molar-refractivity contribution is -0.139. The molecule has 20 heavy (non-hydrogen) atoms. The van der Waals surface area contributed by atoms with E-state index in [4.69, 9.17) is 10.8 Å². The Morgan fingerprint density at radius 3 is 2.40 bits per heavy atom. The molecule has 3 nitrogen and oxygen atoms in total. The zero-order valence-corrected chi connectivity index (χ0v) is 13.2. The highest BCUT2D eigenvalue weighted by Gasteiger charge is 2.24. The van der Waals surface area contributed by atoms with Crippen molar-refractivity contribution in [2.75, 3.05) is 0 Å².